The number of aryl methyl sites for hydroxylation is 1. The van der Waals surface area contributed by atoms with Gasteiger partial charge in [-0.15, -0.1) is 0 Å². The average Bonchev–Trinajstić information content (AvgIpc) is 2.74. The summed E-state index contributed by atoms with van der Waals surface area (Å²) < 4.78 is 10.5. The largest absolute Gasteiger partial charge is 0.493 e. The van der Waals surface area contributed by atoms with Gasteiger partial charge in [0, 0.05) is 29.8 Å². The minimum atomic E-state index is -0.251. The van der Waals surface area contributed by atoms with Gasteiger partial charge in [0.2, 0.25) is 5.95 Å². The molecule has 1 heterocycles. The van der Waals surface area contributed by atoms with Gasteiger partial charge in [-0.1, -0.05) is 25.1 Å². The van der Waals surface area contributed by atoms with Crippen LogP contribution >= 0.6 is 0 Å². The van der Waals surface area contributed by atoms with Crippen molar-refractivity contribution in [3.05, 3.63) is 66.0 Å². The number of hydrogen-bond acceptors (Lipinski definition) is 6. The van der Waals surface area contributed by atoms with E-state index in [0.29, 0.717) is 23.0 Å². The number of benzene rings is 2. The lowest BCUT2D eigenvalue weighted by Gasteiger charge is -2.11. The van der Waals surface area contributed by atoms with Crippen molar-refractivity contribution in [3.8, 4) is 11.5 Å². The third-order valence-corrected chi connectivity index (χ3v) is 4.20. The molecule has 1 aromatic heterocycles. The van der Waals surface area contributed by atoms with Crippen molar-refractivity contribution >= 4 is 23.2 Å². The molecule has 2 aromatic carbocycles. The predicted molar refractivity (Wildman–Crippen MR) is 109 cm³/mol. The van der Waals surface area contributed by atoms with Gasteiger partial charge in [0.1, 0.15) is 0 Å². The summed E-state index contributed by atoms with van der Waals surface area (Å²) >= 11 is 0. The summed E-state index contributed by atoms with van der Waals surface area (Å²) in [6.07, 6.45) is 3.81. The van der Waals surface area contributed by atoms with Gasteiger partial charge in [0.15, 0.2) is 11.5 Å². The van der Waals surface area contributed by atoms with Crippen LogP contribution in [0.15, 0.2) is 54.9 Å². The second kappa shape index (κ2) is 8.85. The van der Waals surface area contributed by atoms with E-state index in [0.717, 1.165) is 23.4 Å². The fourth-order valence-corrected chi connectivity index (χ4v) is 2.70. The first kappa shape index (κ1) is 19.2. The van der Waals surface area contributed by atoms with Gasteiger partial charge in [-0.25, -0.2) is 9.97 Å². The molecule has 7 heteroatoms. The first-order valence-corrected chi connectivity index (χ1v) is 8.85. The Morgan fingerprint density at radius 3 is 2.39 bits per heavy atom. The van der Waals surface area contributed by atoms with E-state index in [-0.39, 0.29) is 5.91 Å². The first-order valence-electron chi connectivity index (χ1n) is 8.85. The van der Waals surface area contributed by atoms with Crippen molar-refractivity contribution in [1.29, 1.82) is 0 Å². The molecule has 0 aliphatic heterocycles. The molecule has 3 rings (SSSR count). The Bertz CT molecular complexity index is 958. The third kappa shape index (κ3) is 4.37. The number of amides is 1. The van der Waals surface area contributed by atoms with Gasteiger partial charge < -0.3 is 20.1 Å². The summed E-state index contributed by atoms with van der Waals surface area (Å²) in [5.74, 6) is 1.35. The molecule has 0 aliphatic rings. The van der Waals surface area contributed by atoms with Crippen LogP contribution in [0.5, 0.6) is 11.5 Å². The van der Waals surface area contributed by atoms with Crippen LogP contribution in [0.1, 0.15) is 22.8 Å². The number of anilines is 3. The number of nitrogens with one attached hydrogen (secondary N) is 2. The van der Waals surface area contributed by atoms with Crippen LogP contribution in [-0.4, -0.2) is 30.1 Å². The average molecular weight is 378 g/mol. The van der Waals surface area contributed by atoms with Crippen molar-refractivity contribution in [2.24, 2.45) is 0 Å². The van der Waals surface area contributed by atoms with Crippen LogP contribution in [-0.2, 0) is 6.42 Å². The number of carbonyl (C=O) groups excluding carboxylic acids is 1. The molecule has 7 nitrogen and oxygen atoms in total. The second-order valence-corrected chi connectivity index (χ2v) is 5.95. The summed E-state index contributed by atoms with van der Waals surface area (Å²) in [6.45, 7) is 2.04. The van der Waals surface area contributed by atoms with Crippen molar-refractivity contribution in [3.63, 3.8) is 0 Å². The zero-order chi connectivity index (χ0) is 19.9. The van der Waals surface area contributed by atoms with Gasteiger partial charge in [-0.2, -0.15) is 0 Å². The monoisotopic (exact) mass is 378 g/mol. The van der Waals surface area contributed by atoms with Crippen LogP contribution in [0.3, 0.4) is 0 Å². The van der Waals surface area contributed by atoms with E-state index in [1.54, 1.807) is 26.4 Å². The first-order chi connectivity index (χ1) is 13.6. The van der Waals surface area contributed by atoms with Crippen LogP contribution in [0.25, 0.3) is 0 Å². The third-order valence-electron chi connectivity index (χ3n) is 4.20. The zero-order valence-electron chi connectivity index (χ0n) is 16.0. The Hall–Kier alpha value is -3.61. The standard InChI is InChI=1S/C21H22N4O3/c1-4-14-7-5-6-8-17(14)25-20(26)15-12-22-21(23-13-15)24-16-9-10-18(27-2)19(11-16)28-3/h5-13H,4H2,1-3H3,(H,25,26)(H,22,23,24). The van der Waals surface area contributed by atoms with Gasteiger partial charge in [-0.3, -0.25) is 4.79 Å². The SMILES string of the molecule is CCc1ccccc1NC(=O)c1cnc(Nc2ccc(OC)c(OC)c2)nc1. The Kier molecular flexibility index (Phi) is 6.06. The molecule has 0 unspecified atom stereocenters. The Morgan fingerprint density at radius 2 is 1.71 bits per heavy atom. The minimum absolute atomic E-state index is 0.251. The molecule has 0 saturated heterocycles. The van der Waals surface area contributed by atoms with Crippen molar-refractivity contribution < 1.29 is 14.3 Å². The zero-order valence-corrected chi connectivity index (χ0v) is 16.0. The topological polar surface area (TPSA) is 85.4 Å². The lowest BCUT2D eigenvalue weighted by atomic mass is 10.1. The number of nitrogens with zero attached hydrogens (tertiary/aromatic N) is 2. The summed E-state index contributed by atoms with van der Waals surface area (Å²) in [6, 6.07) is 13.1. The maximum absolute atomic E-state index is 12.5. The molecule has 0 bridgehead atoms. The molecule has 28 heavy (non-hydrogen) atoms. The van der Waals surface area contributed by atoms with E-state index >= 15 is 0 Å². The molecule has 0 aliphatic carbocycles. The van der Waals surface area contributed by atoms with Gasteiger partial charge in [0.25, 0.3) is 5.91 Å². The lowest BCUT2D eigenvalue weighted by molar-refractivity contribution is 0.102. The highest BCUT2D eigenvalue weighted by molar-refractivity contribution is 6.04. The summed E-state index contributed by atoms with van der Waals surface area (Å²) in [5, 5.41) is 5.98. The molecule has 0 saturated carbocycles. The van der Waals surface area contributed by atoms with E-state index in [2.05, 4.69) is 20.6 Å². The Morgan fingerprint density at radius 1 is 1.00 bits per heavy atom. The van der Waals surface area contributed by atoms with Crippen molar-refractivity contribution in [2.45, 2.75) is 13.3 Å². The van der Waals surface area contributed by atoms with E-state index in [1.165, 1.54) is 12.4 Å². The Balaban J connectivity index is 1.70. The highest BCUT2D eigenvalue weighted by atomic mass is 16.5. The van der Waals surface area contributed by atoms with E-state index < -0.39 is 0 Å². The Labute approximate surface area is 163 Å². The maximum Gasteiger partial charge on any atom is 0.258 e. The number of rotatable bonds is 7. The highest BCUT2D eigenvalue weighted by Crippen LogP contribution is 2.30. The molecule has 2 N–H and O–H groups in total. The number of para-hydroxylation sites is 1. The fourth-order valence-electron chi connectivity index (χ4n) is 2.70. The molecule has 0 atom stereocenters. The molecular formula is C21H22N4O3. The van der Waals surface area contributed by atoms with Gasteiger partial charge in [0.05, 0.1) is 19.8 Å². The molecule has 3 aromatic rings. The molecule has 0 spiro atoms. The van der Waals surface area contributed by atoms with E-state index in [4.69, 9.17) is 9.47 Å². The summed E-state index contributed by atoms with van der Waals surface area (Å²) in [7, 11) is 3.15. The number of aromatic nitrogens is 2. The van der Waals surface area contributed by atoms with Crippen molar-refractivity contribution in [1.82, 2.24) is 9.97 Å². The normalized spacial score (nSPS) is 10.2. The number of ether oxygens (including phenoxy) is 2. The van der Waals surface area contributed by atoms with Crippen LogP contribution < -0.4 is 20.1 Å². The van der Waals surface area contributed by atoms with Crippen molar-refractivity contribution in [2.75, 3.05) is 24.9 Å². The quantitative estimate of drug-likeness (QED) is 0.645. The molecular weight excluding hydrogens is 356 g/mol. The smallest absolute Gasteiger partial charge is 0.258 e. The summed E-state index contributed by atoms with van der Waals surface area (Å²) in [4.78, 5) is 20.9. The summed E-state index contributed by atoms with van der Waals surface area (Å²) in [5.41, 5.74) is 2.99. The molecule has 1 amide bonds. The fraction of sp³-hybridized carbons (Fsp3) is 0.190. The number of hydrogen-bond donors (Lipinski definition) is 2. The predicted octanol–water partition coefficient (Wildman–Crippen LogP) is 4.05. The number of carbonyl (C=O) groups is 1. The van der Waals surface area contributed by atoms with E-state index in [1.807, 2.05) is 37.3 Å². The molecule has 0 fully saturated rings. The highest BCUT2D eigenvalue weighted by Gasteiger charge is 2.10. The second-order valence-electron chi connectivity index (χ2n) is 5.95. The molecule has 0 radical (unpaired) electrons. The maximum atomic E-state index is 12.5. The van der Waals surface area contributed by atoms with Gasteiger partial charge >= 0.3 is 0 Å². The van der Waals surface area contributed by atoms with E-state index in [9.17, 15) is 4.79 Å². The van der Waals surface area contributed by atoms with Crippen LogP contribution in [0.4, 0.5) is 17.3 Å². The number of methoxy groups -OCH3 is 2. The van der Waals surface area contributed by atoms with Crippen LogP contribution in [0.2, 0.25) is 0 Å². The van der Waals surface area contributed by atoms with Gasteiger partial charge in [-0.05, 0) is 30.2 Å². The lowest BCUT2D eigenvalue weighted by Crippen LogP contribution is -2.14. The van der Waals surface area contributed by atoms with Crippen LogP contribution in [0, 0.1) is 0 Å². The molecule has 144 valence electrons. The minimum Gasteiger partial charge on any atom is -0.493 e.